The average molecular weight is 341 g/mol. The van der Waals surface area contributed by atoms with Crippen molar-refractivity contribution in [1.29, 1.82) is 0 Å². The predicted octanol–water partition coefficient (Wildman–Crippen LogP) is 2.27. The molecule has 0 aromatic heterocycles. The number of carbonyl (C=O) groups is 1. The number of para-hydroxylation sites is 1. The van der Waals surface area contributed by atoms with Crippen molar-refractivity contribution in [2.24, 2.45) is 5.92 Å². The first-order valence-corrected chi connectivity index (χ1v) is 8.09. The fourth-order valence-electron chi connectivity index (χ4n) is 2.97. The van der Waals surface area contributed by atoms with E-state index in [0.29, 0.717) is 6.54 Å². The van der Waals surface area contributed by atoms with E-state index in [0.717, 1.165) is 43.0 Å². The third-order valence-corrected chi connectivity index (χ3v) is 4.47. The normalized spacial score (nSPS) is 18.0. The highest BCUT2D eigenvalue weighted by Crippen LogP contribution is 2.34. The van der Waals surface area contributed by atoms with Gasteiger partial charge in [-0.2, -0.15) is 0 Å². The zero-order valence-electron chi connectivity index (χ0n) is 13.5. The van der Waals surface area contributed by atoms with E-state index in [1.165, 1.54) is 12.8 Å². The maximum absolute atomic E-state index is 12.0. The Bertz CT molecular complexity index is 529. The number of carbonyl (C=O) groups excluding carboxylic acids is 1. The number of hydrogen-bond acceptors (Lipinski definition) is 4. The summed E-state index contributed by atoms with van der Waals surface area (Å²) in [6.07, 6.45) is 4.90. The van der Waals surface area contributed by atoms with Crippen molar-refractivity contribution in [3.63, 3.8) is 0 Å². The van der Waals surface area contributed by atoms with E-state index in [2.05, 4.69) is 10.6 Å². The monoisotopic (exact) mass is 340 g/mol. The van der Waals surface area contributed by atoms with Gasteiger partial charge in [0.2, 0.25) is 5.91 Å². The second kappa shape index (κ2) is 8.41. The van der Waals surface area contributed by atoms with Crippen LogP contribution in [0.15, 0.2) is 18.2 Å². The number of amides is 1. The van der Waals surface area contributed by atoms with E-state index in [1.807, 2.05) is 18.2 Å². The Labute approximate surface area is 143 Å². The smallest absolute Gasteiger partial charge is 0.225 e. The molecule has 1 aromatic carbocycles. The molecular formula is C17H25ClN2O3. The Hall–Kier alpha value is -1.46. The average Bonchev–Trinajstić information content (AvgIpc) is 2.97. The van der Waals surface area contributed by atoms with E-state index in [1.54, 1.807) is 7.11 Å². The number of benzene rings is 1. The van der Waals surface area contributed by atoms with Crippen LogP contribution < -0.4 is 20.1 Å². The van der Waals surface area contributed by atoms with Gasteiger partial charge in [0.15, 0.2) is 11.5 Å². The molecule has 0 radical (unpaired) electrons. The molecule has 0 atom stereocenters. The molecule has 23 heavy (non-hydrogen) atoms. The number of nitrogens with one attached hydrogen (secondary N) is 2. The van der Waals surface area contributed by atoms with Crippen LogP contribution in [0.25, 0.3) is 0 Å². The Morgan fingerprint density at radius 1 is 1.30 bits per heavy atom. The van der Waals surface area contributed by atoms with Crippen LogP contribution in [-0.2, 0) is 11.3 Å². The van der Waals surface area contributed by atoms with Crippen molar-refractivity contribution < 1.29 is 14.3 Å². The second-order valence-electron chi connectivity index (χ2n) is 6.05. The number of rotatable bonds is 6. The lowest BCUT2D eigenvalue weighted by Crippen LogP contribution is -2.50. The van der Waals surface area contributed by atoms with Crippen LogP contribution in [0.1, 0.15) is 31.2 Å². The Morgan fingerprint density at radius 2 is 2.04 bits per heavy atom. The van der Waals surface area contributed by atoms with Crippen molar-refractivity contribution in [1.82, 2.24) is 10.6 Å². The molecule has 0 spiro atoms. The molecule has 6 heteroatoms. The van der Waals surface area contributed by atoms with Gasteiger partial charge in [-0.25, -0.2) is 0 Å². The first kappa shape index (κ1) is 17.9. The summed E-state index contributed by atoms with van der Waals surface area (Å²) in [6, 6.07) is 5.84. The highest BCUT2D eigenvalue weighted by molar-refractivity contribution is 5.85. The summed E-state index contributed by atoms with van der Waals surface area (Å²) < 4.78 is 11.6. The molecule has 1 amide bonds. The van der Waals surface area contributed by atoms with E-state index < -0.39 is 0 Å². The summed E-state index contributed by atoms with van der Waals surface area (Å²) in [5, 5.41) is 6.12. The van der Waals surface area contributed by atoms with E-state index in [4.69, 9.17) is 9.47 Å². The van der Waals surface area contributed by atoms with Gasteiger partial charge in [-0.15, -0.1) is 12.4 Å². The third-order valence-electron chi connectivity index (χ3n) is 4.47. The number of hydrogen-bond donors (Lipinski definition) is 2. The summed E-state index contributed by atoms with van der Waals surface area (Å²) >= 11 is 0. The predicted molar refractivity (Wildman–Crippen MR) is 91.3 cm³/mol. The largest absolute Gasteiger partial charge is 0.493 e. The SMILES string of the molecule is COc1cccc(CNC(=O)C2CNC2)c1OC1CCCC1.Cl. The molecule has 2 N–H and O–H groups in total. The molecule has 2 fully saturated rings. The molecular weight excluding hydrogens is 316 g/mol. The lowest BCUT2D eigenvalue weighted by atomic mass is 10.0. The molecule has 0 unspecified atom stereocenters. The standard InChI is InChI=1S/C17H24N2O3.ClH/c1-21-15-8-4-5-12(11-19-17(20)13-9-18-10-13)16(15)22-14-6-2-3-7-14;/h4-5,8,13-14,18H,2-3,6-7,9-11H2,1H3,(H,19,20);1H. The first-order valence-electron chi connectivity index (χ1n) is 8.09. The van der Waals surface area contributed by atoms with Gasteiger partial charge in [0.25, 0.3) is 0 Å². The van der Waals surface area contributed by atoms with Crippen LogP contribution in [0.4, 0.5) is 0 Å². The highest BCUT2D eigenvalue weighted by Gasteiger charge is 2.25. The summed E-state index contributed by atoms with van der Waals surface area (Å²) in [5.74, 6) is 1.73. The molecule has 1 aliphatic heterocycles. The minimum atomic E-state index is 0. The molecule has 1 heterocycles. The van der Waals surface area contributed by atoms with E-state index in [9.17, 15) is 4.79 Å². The first-order chi connectivity index (χ1) is 10.8. The van der Waals surface area contributed by atoms with Crippen molar-refractivity contribution in [2.45, 2.75) is 38.3 Å². The maximum Gasteiger partial charge on any atom is 0.225 e. The highest BCUT2D eigenvalue weighted by atomic mass is 35.5. The van der Waals surface area contributed by atoms with Gasteiger partial charge in [0.05, 0.1) is 19.1 Å². The van der Waals surface area contributed by atoms with Crippen LogP contribution in [0.2, 0.25) is 0 Å². The second-order valence-corrected chi connectivity index (χ2v) is 6.05. The number of ether oxygens (including phenoxy) is 2. The van der Waals surface area contributed by atoms with Gasteiger partial charge in [-0.3, -0.25) is 4.79 Å². The molecule has 5 nitrogen and oxygen atoms in total. The molecule has 1 saturated heterocycles. The molecule has 1 aromatic rings. The summed E-state index contributed by atoms with van der Waals surface area (Å²) in [4.78, 5) is 12.0. The number of methoxy groups -OCH3 is 1. The molecule has 1 aliphatic carbocycles. The van der Waals surface area contributed by atoms with Gasteiger partial charge >= 0.3 is 0 Å². The Balaban J connectivity index is 0.00000192. The third kappa shape index (κ3) is 4.30. The van der Waals surface area contributed by atoms with E-state index >= 15 is 0 Å². The summed E-state index contributed by atoms with van der Waals surface area (Å²) in [5.41, 5.74) is 0.979. The Morgan fingerprint density at radius 3 is 2.65 bits per heavy atom. The molecule has 1 saturated carbocycles. The van der Waals surface area contributed by atoms with Gasteiger partial charge < -0.3 is 20.1 Å². The van der Waals surface area contributed by atoms with Crippen molar-refractivity contribution in [3.05, 3.63) is 23.8 Å². The topological polar surface area (TPSA) is 59.6 Å². The fraction of sp³-hybridized carbons (Fsp3) is 0.588. The van der Waals surface area contributed by atoms with Crippen molar-refractivity contribution in [3.8, 4) is 11.5 Å². The fourth-order valence-corrected chi connectivity index (χ4v) is 2.97. The van der Waals surface area contributed by atoms with Crippen LogP contribution >= 0.6 is 12.4 Å². The van der Waals surface area contributed by atoms with Gasteiger partial charge in [0, 0.05) is 25.2 Å². The van der Waals surface area contributed by atoms with Crippen LogP contribution in [0.3, 0.4) is 0 Å². The van der Waals surface area contributed by atoms with Crippen LogP contribution in [0, 0.1) is 5.92 Å². The Kier molecular flexibility index (Phi) is 6.54. The number of halogens is 1. The van der Waals surface area contributed by atoms with Crippen molar-refractivity contribution >= 4 is 18.3 Å². The minimum Gasteiger partial charge on any atom is -0.493 e. The van der Waals surface area contributed by atoms with Crippen molar-refractivity contribution in [2.75, 3.05) is 20.2 Å². The summed E-state index contributed by atoms with van der Waals surface area (Å²) in [7, 11) is 1.65. The molecule has 0 bridgehead atoms. The van der Waals surface area contributed by atoms with Crippen LogP contribution in [0.5, 0.6) is 11.5 Å². The van der Waals surface area contributed by atoms with E-state index in [-0.39, 0.29) is 30.3 Å². The minimum absolute atomic E-state index is 0. The van der Waals surface area contributed by atoms with Crippen LogP contribution in [-0.4, -0.2) is 32.2 Å². The lowest BCUT2D eigenvalue weighted by molar-refractivity contribution is -0.126. The lowest BCUT2D eigenvalue weighted by Gasteiger charge is -2.26. The van der Waals surface area contributed by atoms with Gasteiger partial charge in [-0.05, 0) is 31.7 Å². The molecule has 3 rings (SSSR count). The zero-order chi connectivity index (χ0) is 15.4. The maximum atomic E-state index is 12.0. The van der Waals surface area contributed by atoms with Gasteiger partial charge in [0.1, 0.15) is 0 Å². The quantitative estimate of drug-likeness (QED) is 0.834. The summed E-state index contributed by atoms with van der Waals surface area (Å²) in [6.45, 7) is 2.03. The van der Waals surface area contributed by atoms with Gasteiger partial charge in [-0.1, -0.05) is 12.1 Å². The molecule has 128 valence electrons. The molecule has 2 aliphatic rings. The zero-order valence-corrected chi connectivity index (χ0v) is 14.3.